The quantitative estimate of drug-likeness (QED) is 0.929. The molecule has 2 N–H and O–H groups in total. The molecule has 0 fully saturated rings. The Kier molecular flexibility index (Phi) is 4.35. The average molecular weight is 284 g/mol. The van der Waals surface area contributed by atoms with Crippen molar-refractivity contribution >= 4 is 11.6 Å². The highest BCUT2D eigenvalue weighted by Crippen LogP contribution is 2.26. The zero-order chi connectivity index (χ0) is 13.8. The number of rotatable bonds is 4. The number of ether oxygens (including phenoxy) is 1. The van der Waals surface area contributed by atoms with Crippen LogP contribution < -0.4 is 10.5 Å². The molecule has 0 saturated heterocycles. The van der Waals surface area contributed by atoms with Crippen molar-refractivity contribution in [1.29, 1.82) is 0 Å². The lowest BCUT2D eigenvalue weighted by atomic mass is 10.2. The molecule has 0 amide bonds. The summed E-state index contributed by atoms with van der Waals surface area (Å²) in [6.45, 7) is 0.282. The molecule has 2 aromatic rings. The zero-order valence-electron chi connectivity index (χ0n) is 10.00. The fourth-order valence-electron chi connectivity index (χ4n) is 1.60. The first-order valence-corrected chi connectivity index (χ1v) is 6.03. The van der Waals surface area contributed by atoms with Gasteiger partial charge in [0.15, 0.2) is 0 Å². The van der Waals surface area contributed by atoms with E-state index in [9.17, 15) is 8.78 Å². The van der Waals surface area contributed by atoms with Crippen molar-refractivity contribution in [1.82, 2.24) is 0 Å². The Hall–Kier alpha value is -1.65. The second kappa shape index (κ2) is 5.99. The van der Waals surface area contributed by atoms with Gasteiger partial charge in [0.25, 0.3) is 0 Å². The predicted octanol–water partition coefficient (Wildman–Crippen LogP) is 3.66. The Morgan fingerprint density at radius 2 is 1.89 bits per heavy atom. The molecule has 19 heavy (non-hydrogen) atoms. The molecule has 0 aromatic heterocycles. The van der Waals surface area contributed by atoms with Crippen LogP contribution >= 0.6 is 11.6 Å². The third-order valence-electron chi connectivity index (χ3n) is 2.62. The van der Waals surface area contributed by atoms with Gasteiger partial charge in [-0.3, -0.25) is 0 Å². The van der Waals surface area contributed by atoms with E-state index in [4.69, 9.17) is 22.1 Å². The summed E-state index contributed by atoms with van der Waals surface area (Å²) in [6, 6.07) is 8.32. The molecule has 0 heterocycles. The molecule has 2 aromatic carbocycles. The minimum atomic E-state index is -0.517. The van der Waals surface area contributed by atoms with Gasteiger partial charge in [-0.05, 0) is 35.9 Å². The standard InChI is InChI=1S/C14H12ClF2NO/c15-12-5-9(7-18)1-4-14(12)19-8-10-6-11(16)2-3-13(10)17/h1-6H,7-8,18H2. The van der Waals surface area contributed by atoms with Gasteiger partial charge < -0.3 is 10.5 Å². The summed E-state index contributed by atoms with van der Waals surface area (Å²) in [4.78, 5) is 0. The Labute approximate surface area is 114 Å². The summed E-state index contributed by atoms with van der Waals surface area (Å²) >= 11 is 6.00. The number of hydrogen-bond donors (Lipinski definition) is 1. The van der Waals surface area contributed by atoms with E-state index in [2.05, 4.69) is 0 Å². The molecule has 2 nitrogen and oxygen atoms in total. The Balaban J connectivity index is 2.12. The maximum absolute atomic E-state index is 13.4. The fraction of sp³-hybridized carbons (Fsp3) is 0.143. The molecule has 0 spiro atoms. The molecule has 0 atom stereocenters. The van der Waals surface area contributed by atoms with Gasteiger partial charge in [-0.15, -0.1) is 0 Å². The number of hydrogen-bond acceptors (Lipinski definition) is 2. The molecule has 0 unspecified atom stereocenters. The lowest BCUT2D eigenvalue weighted by molar-refractivity contribution is 0.299. The molecule has 0 aliphatic heterocycles. The van der Waals surface area contributed by atoms with E-state index in [0.717, 1.165) is 23.8 Å². The molecule has 0 radical (unpaired) electrons. The predicted molar refractivity (Wildman–Crippen MR) is 70.0 cm³/mol. The van der Waals surface area contributed by atoms with Crippen molar-refractivity contribution in [3.63, 3.8) is 0 Å². The van der Waals surface area contributed by atoms with Crippen molar-refractivity contribution in [2.45, 2.75) is 13.2 Å². The van der Waals surface area contributed by atoms with E-state index in [-0.39, 0.29) is 12.2 Å². The minimum absolute atomic E-state index is 0.0920. The van der Waals surface area contributed by atoms with Gasteiger partial charge in [-0.1, -0.05) is 17.7 Å². The van der Waals surface area contributed by atoms with E-state index in [1.54, 1.807) is 18.2 Å². The van der Waals surface area contributed by atoms with Crippen molar-refractivity contribution in [3.05, 3.63) is 64.2 Å². The van der Waals surface area contributed by atoms with Crippen LogP contribution in [-0.4, -0.2) is 0 Å². The molecular weight excluding hydrogens is 272 g/mol. The van der Waals surface area contributed by atoms with Crippen molar-refractivity contribution in [2.75, 3.05) is 0 Å². The topological polar surface area (TPSA) is 35.2 Å². The summed E-state index contributed by atoms with van der Waals surface area (Å²) in [5, 5.41) is 0.389. The van der Waals surface area contributed by atoms with Crippen molar-refractivity contribution in [2.24, 2.45) is 5.73 Å². The Morgan fingerprint density at radius 3 is 2.58 bits per heavy atom. The van der Waals surface area contributed by atoms with E-state index in [1.807, 2.05) is 0 Å². The summed E-state index contributed by atoms with van der Waals surface area (Å²) < 4.78 is 31.8. The van der Waals surface area contributed by atoms with Gasteiger partial charge >= 0.3 is 0 Å². The Morgan fingerprint density at radius 1 is 1.11 bits per heavy atom. The summed E-state index contributed by atoms with van der Waals surface area (Å²) in [6.07, 6.45) is 0. The van der Waals surface area contributed by atoms with Crippen LogP contribution in [0.1, 0.15) is 11.1 Å². The minimum Gasteiger partial charge on any atom is -0.487 e. The van der Waals surface area contributed by atoms with Gasteiger partial charge in [0.05, 0.1) is 5.02 Å². The smallest absolute Gasteiger partial charge is 0.138 e. The molecule has 0 aliphatic carbocycles. The van der Waals surface area contributed by atoms with Gasteiger partial charge in [0, 0.05) is 12.1 Å². The molecule has 5 heteroatoms. The fourth-order valence-corrected chi connectivity index (χ4v) is 1.86. The van der Waals surface area contributed by atoms with E-state index in [0.29, 0.717) is 17.3 Å². The van der Waals surface area contributed by atoms with Crippen LogP contribution in [0, 0.1) is 11.6 Å². The molecule has 2 rings (SSSR count). The first-order chi connectivity index (χ1) is 9.10. The van der Waals surface area contributed by atoms with Crippen molar-refractivity contribution in [3.8, 4) is 5.75 Å². The molecule has 0 saturated carbocycles. The zero-order valence-corrected chi connectivity index (χ0v) is 10.8. The van der Waals surface area contributed by atoms with Crippen LogP contribution in [0.2, 0.25) is 5.02 Å². The average Bonchev–Trinajstić information content (AvgIpc) is 2.40. The van der Waals surface area contributed by atoms with E-state index < -0.39 is 11.6 Å². The maximum Gasteiger partial charge on any atom is 0.138 e. The molecule has 0 bridgehead atoms. The molecule has 100 valence electrons. The van der Waals surface area contributed by atoms with E-state index >= 15 is 0 Å². The third kappa shape index (κ3) is 3.43. The second-order valence-electron chi connectivity index (χ2n) is 3.99. The monoisotopic (exact) mass is 283 g/mol. The highest BCUT2D eigenvalue weighted by Gasteiger charge is 2.07. The maximum atomic E-state index is 13.4. The van der Waals surface area contributed by atoms with Crippen LogP contribution in [0.4, 0.5) is 8.78 Å². The van der Waals surface area contributed by atoms with Crippen molar-refractivity contribution < 1.29 is 13.5 Å². The SMILES string of the molecule is NCc1ccc(OCc2cc(F)ccc2F)c(Cl)c1. The molecule has 0 aliphatic rings. The van der Waals surface area contributed by atoms with Crippen LogP contribution in [0.15, 0.2) is 36.4 Å². The lowest BCUT2D eigenvalue weighted by Crippen LogP contribution is -2.01. The van der Waals surface area contributed by atoms with Crippen LogP contribution in [-0.2, 0) is 13.2 Å². The van der Waals surface area contributed by atoms with Gasteiger partial charge in [0.1, 0.15) is 24.0 Å². The number of halogens is 3. The summed E-state index contributed by atoms with van der Waals surface area (Å²) in [5.41, 5.74) is 6.49. The molecular formula is C14H12ClF2NO. The van der Waals surface area contributed by atoms with Crippen LogP contribution in [0.5, 0.6) is 5.75 Å². The van der Waals surface area contributed by atoms with Crippen LogP contribution in [0.25, 0.3) is 0 Å². The van der Waals surface area contributed by atoms with Gasteiger partial charge in [-0.2, -0.15) is 0 Å². The summed E-state index contributed by atoms with van der Waals surface area (Å²) in [7, 11) is 0. The summed E-state index contributed by atoms with van der Waals surface area (Å²) in [5.74, 6) is -0.622. The van der Waals surface area contributed by atoms with Gasteiger partial charge in [0.2, 0.25) is 0 Å². The highest BCUT2D eigenvalue weighted by molar-refractivity contribution is 6.32. The second-order valence-corrected chi connectivity index (χ2v) is 4.40. The first-order valence-electron chi connectivity index (χ1n) is 5.65. The number of nitrogens with two attached hydrogens (primary N) is 1. The first kappa shape index (κ1) is 13.8. The third-order valence-corrected chi connectivity index (χ3v) is 2.92. The normalized spacial score (nSPS) is 10.5. The number of benzene rings is 2. The highest BCUT2D eigenvalue weighted by atomic mass is 35.5. The van der Waals surface area contributed by atoms with Gasteiger partial charge in [-0.25, -0.2) is 8.78 Å². The van der Waals surface area contributed by atoms with E-state index in [1.165, 1.54) is 0 Å². The largest absolute Gasteiger partial charge is 0.487 e. The Bertz CT molecular complexity index is 590. The van der Waals surface area contributed by atoms with Crippen LogP contribution in [0.3, 0.4) is 0 Å². The lowest BCUT2D eigenvalue weighted by Gasteiger charge is -2.10.